The van der Waals surface area contributed by atoms with Crippen LogP contribution < -0.4 is 19.5 Å². The van der Waals surface area contributed by atoms with Gasteiger partial charge in [0.05, 0.1) is 20.8 Å². The molecule has 0 unspecified atom stereocenters. The van der Waals surface area contributed by atoms with Gasteiger partial charge in [0.2, 0.25) is 0 Å². The van der Waals surface area contributed by atoms with Crippen LogP contribution in [-0.2, 0) is 27.3 Å². The van der Waals surface area contributed by atoms with Gasteiger partial charge in [-0.05, 0) is 60.9 Å². The summed E-state index contributed by atoms with van der Waals surface area (Å²) in [6.45, 7) is 2.58. The van der Waals surface area contributed by atoms with Gasteiger partial charge >= 0.3 is 5.97 Å². The molecule has 3 rings (SSSR count). The number of hydrogen-bond donors (Lipinski definition) is 1. The number of carbonyl (C=O) groups is 3. The number of rotatable bonds is 9. The van der Waals surface area contributed by atoms with Crippen molar-refractivity contribution in [1.82, 2.24) is 10.2 Å². The molecule has 0 radical (unpaired) electrons. The van der Waals surface area contributed by atoms with Gasteiger partial charge in [0, 0.05) is 18.7 Å². The molecule has 176 valence electrons. The van der Waals surface area contributed by atoms with Crippen molar-refractivity contribution in [1.29, 1.82) is 0 Å². The monoisotopic (exact) mass is 456 g/mol. The van der Waals surface area contributed by atoms with Gasteiger partial charge in [-0.25, -0.2) is 0 Å². The highest BCUT2D eigenvalue weighted by Gasteiger charge is 2.23. The van der Waals surface area contributed by atoms with Gasteiger partial charge < -0.3 is 29.2 Å². The Balaban J connectivity index is 1.46. The number of ether oxygens (including phenoxy) is 4. The molecule has 9 nitrogen and oxygen atoms in total. The Bertz CT molecular complexity index is 1000. The standard InChI is InChI=1S/C24H28N2O7/c1-4-32-19-7-5-16(6-8-19)24(29)25-13-23(28)33-15-22(27)26-10-9-17-11-20(30-2)21(31-3)12-18(17)14-26/h5-8,11-12H,4,9-10,13-15H2,1-3H3,(H,25,29). The summed E-state index contributed by atoms with van der Waals surface area (Å²) in [5.74, 6) is 0.494. The van der Waals surface area contributed by atoms with Gasteiger partial charge in [-0.3, -0.25) is 14.4 Å². The van der Waals surface area contributed by atoms with E-state index in [1.54, 1.807) is 43.4 Å². The van der Waals surface area contributed by atoms with Gasteiger partial charge in [-0.15, -0.1) is 0 Å². The van der Waals surface area contributed by atoms with Crippen LogP contribution in [0.2, 0.25) is 0 Å². The van der Waals surface area contributed by atoms with Crippen molar-refractivity contribution < 1.29 is 33.3 Å². The molecule has 0 fully saturated rings. The van der Waals surface area contributed by atoms with Crippen molar-refractivity contribution >= 4 is 17.8 Å². The normalized spacial score (nSPS) is 12.4. The van der Waals surface area contributed by atoms with E-state index < -0.39 is 11.9 Å². The maximum atomic E-state index is 12.5. The van der Waals surface area contributed by atoms with Crippen molar-refractivity contribution in [3.05, 3.63) is 53.1 Å². The molecule has 33 heavy (non-hydrogen) atoms. The first-order valence-corrected chi connectivity index (χ1v) is 10.6. The van der Waals surface area contributed by atoms with E-state index in [1.807, 2.05) is 19.1 Å². The Hall–Kier alpha value is -3.75. The number of carbonyl (C=O) groups excluding carboxylic acids is 3. The minimum Gasteiger partial charge on any atom is -0.494 e. The zero-order valence-electron chi connectivity index (χ0n) is 19.0. The van der Waals surface area contributed by atoms with Crippen molar-refractivity contribution in [3.8, 4) is 17.2 Å². The predicted octanol–water partition coefficient (Wildman–Crippen LogP) is 1.96. The second-order valence-corrected chi connectivity index (χ2v) is 7.34. The third-order valence-electron chi connectivity index (χ3n) is 5.25. The summed E-state index contributed by atoms with van der Waals surface area (Å²) in [5.41, 5.74) is 2.44. The van der Waals surface area contributed by atoms with E-state index in [9.17, 15) is 14.4 Å². The summed E-state index contributed by atoms with van der Waals surface area (Å²) in [5, 5.41) is 2.48. The van der Waals surface area contributed by atoms with Crippen LogP contribution in [0.1, 0.15) is 28.4 Å². The fourth-order valence-corrected chi connectivity index (χ4v) is 3.50. The van der Waals surface area contributed by atoms with Crippen LogP contribution in [-0.4, -0.2) is 63.2 Å². The Morgan fingerprint density at radius 1 is 1.00 bits per heavy atom. The topological polar surface area (TPSA) is 103 Å². The average molecular weight is 456 g/mol. The van der Waals surface area contributed by atoms with E-state index in [0.717, 1.165) is 11.1 Å². The lowest BCUT2D eigenvalue weighted by molar-refractivity contribution is -0.151. The summed E-state index contributed by atoms with van der Waals surface area (Å²) < 4.78 is 21.0. The zero-order valence-corrected chi connectivity index (χ0v) is 19.0. The molecule has 0 saturated carbocycles. The largest absolute Gasteiger partial charge is 0.494 e. The first-order valence-electron chi connectivity index (χ1n) is 10.6. The number of fused-ring (bicyclic) bond motifs is 1. The number of nitrogens with zero attached hydrogens (tertiary/aromatic N) is 1. The summed E-state index contributed by atoms with van der Waals surface area (Å²) in [4.78, 5) is 38.3. The number of esters is 1. The molecule has 0 aliphatic carbocycles. The number of nitrogens with one attached hydrogen (secondary N) is 1. The average Bonchev–Trinajstić information content (AvgIpc) is 2.85. The summed E-state index contributed by atoms with van der Waals surface area (Å²) in [7, 11) is 3.14. The van der Waals surface area contributed by atoms with Gasteiger partial charge in [0.25, 0.3) is 11.8 Å². The number of methoxy groups -OCH3 is 2. The molecular formula is C24H28N2O7. The molecule has 0 aromatic heterocycles. The van der Waals surface area contributed by atoms with E-state index in [1.165, 1.54) is 0 Å². The molecular weight excluding hydrogens is 428 g/mol. The Morgan fingerprint density at radius 2 is 1.67 bits per heavy atom. The highest BCUT2D eigenvalue weighted by Crippen LogP contribution is 2.33. The highest BCUT2D eigenvalue weighted by atomic mass is 16.5. The molecule has 2 aromatic carbocycles. The first kappa shape index (κ1) is 23.9. The van der Waals surface area contributed by atoms with Crippen LogP contribution in [0, 0.1) is 0 Å². The molecule has 1 aliphatic heterocycles. The fraction of sp³-hybridized carbons (Fsp3) is 0.375. The second kappa shape index (κ2) is 11.2. The van der Waals surface area contributed by atoms with Crippen molar-refractivity contribution in [2.24, 2.45) is 0 Å². The van der Waals surface area contributed by atoms with Gasteiger partial charge in [-0.2, -0.15) is 0 Å². The maximum Gasteiger partial charge on any atom is 0.325 e. The third-order valence-corrected chi connectivity index (χ3v) is 5.25. The molecule has 0 bridgehead atoms. The van der Waals surface area contributed by atoms with Gasteiger partial charge in [0.1, 0.15) is 12.3 Å². The molecule has 0 spiro atoms. The van der Waals surface area contributed by atoms with Gasteiger partial charge in [0.15, 0.2) is 18.1 Å². The molecule has 2 aromatic rings. The van der Waals surface area contributed by atoms with Crippen molar-refractivity contribution in [2.45, 2.75) is 19.9 Å². The summed E-state index contributed by atoms with van der Waals surface area (Å²) in [6, 6.07) is 10.3. The maximum absolute atomic E-state index is 12.5. The molecule has 1 aliphatic rings. The van der Waals surface area contributed by atoms with Crippen LogP contribution in [0.5, 0.6) is 17.2 Å². The van der Waals surface area contributed by atoms with E-state index in [4.69, 9.17) is 18.9 Å². The van der Waals surface area contributed by atoms with Crippen LogP contribution >= 0.6 is 0 Å². The van der Waals surface area contributed by atoms with Crippen LogP contribution in [0.15, 0.2) is 36.4 Å². The van der Waals surface area contributed by atoms with Crippen LogP contribution in [0.25, 0.3) is 0 Å². The molecule has 9 heteroatoms. The van der Waals surface area contributed by atoms with E-state index in [0.29, 0.717) is 48.9 Å². The minimum absolute atomic E-state index is 0.304. The predicted molar refractivity (Wildman–Crippen MR) is 120 cm³/mol. The Kier molecular flexibility index (Phi) is 8.12. The number of amides is 2. The third kappa shape index (κ3) is 6.15. The minimum atomic E-state index is -0.688. The summed E-state index contributed by atoms with van der Waals surface area (Å²) in [6.07, 6.45) is 0.660. The second-order valence-electron chi connectivity index (χ2n) is 7.34. The number of hydrogen-bond acceptors (Lipinski definition) is 7. The highest BCUT2D eigenvalue weighted by molar-refractivity contribution is 5.96. The lowest BCUT2D eigenvalue weighted by atomic mass is 9.99. The van der Waals surface area contributed by atoms with Crippen LogP contribution in [0.4, 0.5) is 0 Å². The first-order chi connectivity index (χ1) is 15.9. The molecule has 0 saturated heterocycles. The zero-order chi connectivity index (χ0) is 23.8. The van der Waals surface area contributed by atoms with Gasteiger partial charge in [-0.1, -0.05) is 0 Å². The number of benzene rings is 2. The van der Waals surface area contributed by atoms with Crippen molar-refractivity contribution in [3.63, 3.8) is 0 Å². The quantitative estimate of drug-likeness (QED) is 0.576. The van der Waals surface area contributed by atoms with E-state index in [-0.39, 0.29) is 19.1 Å². The van der Waals surface area contributed by atoms with E-state index in [2.05, 4.69) is 5.32 Å². The smallest absolute Gasteiger partial charge is 0.325 e. The molecule has 1 N–H and O–H groups in total. The molecule has 0 atom stereocenters. The summed E-state index contributed by atoms with van der Waals surface area (Å²) >= 11 is 0. The molecule has 1 heterocycles. The lowest BCUT2D eigenvalue weighted by Gasteiger charge is -2.29. The van der Waals surface area contributed by atoms with Crippen LogP contribution in [0.3, 0.4) is 0 Å². The fourth-order valence-electron chi connectivity index (χ4n) is 3.50. The molecule has 2 amide bonds. The Labute approximate surface area is 192 Å². The van der Waals surface area contributed by atoms with Crippen molar-refractivity contribution in [2.75, 3.05) is 40.5 Å². The SMILES string of the molecule is CCOc1ccc(C(=O)NCC(=O)OCC(=O)N2CCc3cc(OC)c(OC)cc3C2)cc1. The lowest BCUT2D eigenvalue weighted by Crippen LogP contribution is -2.39. The Morgan fingerprint density at radius 3 is 2.30 bits per heavy atom. The van der Waals surface area contributed by atoms with E-state index >= 15 is 0 Å².